The molecule has 0 aromatic rings. The topological polar surface area (TPSA) is 65.1 Å². The SMILES string of the molecule is CCS(CC)(CC)COC(C=O)C1COC(C)(C)N1C(=O)OC(C)(C)C. The van der Waals surface area contributed by atoms with E-state index in [1.54, 1.807) is 13.8 Å². The molecule has 1 rings (SSSR count). The molecule has 0 bridgehead atoms. The maximum atomic E-state index is 12.7. The summed E-state index contributed by atoms with van der Waals surface area (Å²) in [6.45, 7) is 15.8. The lowest BCUT2D eigenvalue weighted by atomic mass is 10.1. The minimum Gasteiger partial charge on any atom is -0.444 e. The molecule has 26 heavy (non-hydrogen) atoms. The Hall–Kier alpha value is -0.790. The van der Waals surface area contributed by atoms with Crippen molar-refractivity contribution in [3.8, 4) is 0 Å². The van der Waals surface area contributed by atoms with Gasteiger partial charge >= 0.3 is 6.09 Å². The molecule has 0 aliphatic carbocycles. The molecule has 0 aromatic carbocycles. The molecule has 6 nitrogen and oxygen atoms in total. The third kappa shape index (κ3) is 5.60. The van der Waals surface area contributed by atoms with Crippen LogP contribution in [0.4, 0.5) is 4.79 Å². The van der Waals surface area contributed by atoms with Crippen molar-refractivity contribution >= 4 is 22.4 Å². The van der Waals surface area contributed by atoms with Crippen molar-refractivity contribution in [2.75, 3.05) is 29.8 Å². The molecule has 0 saturated carbocycles. The Morgan fingerprint density at radius 2 is 1.81 bits per heavy atom. The lowest BCUT2D eigenvalue weighted by molar-refractivity contribution is -0.120. The van der Waals surface area contributed by atoms with Gasteiger partial charge in [-0.25, -0.2) is 14.8 Å². The van der Waals surface area contributed by atoms with E-state index in [1.165, 1.54) is 4.90 Å². The van der Waals surface area contributed by atoms with Gasteiger partial charge in [0.15, 0.2) is 6.29 Å². The van der Waals surface area contributed by atoms with E-state index < -0.39 is 39.6 Å². The van der Waals surface area contributed by atoms with Crippen LogP contribution in [0.25, 0.3) is 0 Å². The van der Waals surface area contributed by atoms with Gasteiger partial charge in [0, 0.05) is 0 Å². The monoisotopic (exact) mass is 391 g/mol. The van der Waals surface area contributed by atoms with Crippen molar-refractivity contribution in [1.29, 1.82) is 0 Å². The Kier molecular flexibility index (Phi) is 7.99. The second-order valence-electron chi connectivity index (χ2n) is 8.15. The normalized spacial score (nSPS) is 22.2. The van der Waals surface area contributed by atoms with E-state index in [4.69, 9.17) is 14.2 Å². The third-order valence-corrected chi connectivity index (χ3v) is 9.28. The average molecular weight is 392 g/mol. The van der Waals surface area contributed by atoms with E-state index in [0.29, 0.717) is 5.94 Å². The first kappa shape index (κ1) is 23.2. The summed E-state index contributed by atoms with van der Waals surface area (Å²) in [4.78, 5) is 26.0. The van der Waals surface area contributed by atoms with E-state index in [1.807, 2.05) is 20.8 Å². The second kappa shape index (κ2) is 8.93. The molecule has 0 N–H and O–H groups in total. The van der Waals surface area contributed by atoms with Crippen LogP contribution in [-0.4, -0.2) is 70.6 Å². The highest BCUT2D eigenvalue weighted by molar-refractivity contribution is 8.33. The van der Waals surface area contributed by atoms with Crippen molar-refractivity contribution in [3.05, 3.63) is 0 Å². The minimum atomic E-state index is -0.897. The number of rotatable bonds is 8. The van der Waals surface area contributed by atoms with Gasteiger partial charge < -0.3 is 19.0 Å². The fourth-order valence-electron chi connectivity index (χ4n) is 3.07. The number of nitrogens with zero attached hydrogens (tertiary/aromatic N) is 1. The van der Waals surface area contributed by atoms with Gasteiger partial charge in [-0.05, 0) is 51.9 Å². The molecule has 0 radical (unpaired) electrons. The van der Waals surface area contributed by atoms with Crippen LogP contribution >= 0.6 is 10.0 Å². The Morgan fingerprint density at radius 3 is 2.23 bits per heavy atom. The summed E-state index contributed by atoms with van der Waals surface area (Å²) < 4.78 is 17.4. The molecule has 7 heteroatoms. The molecule has 1 heterocycles. The molecule has 2 atom stereocenters. The van der Waals surface area contributed by atoms with Gasteiger partial charge in [-0.3, -0.25) is 4.90 Å². The van der Waals surface area contributed by atoms with E-state index in [0.717, 1.165) is 23.5 Å². The lowest BCUT2D eigenvalue weighted by Gasteiger charge is -2.40. The van der Waals surface area contributed by atoms with Gasteiger partial charge in [0.05, 0.1) is 18.6 Å². The molecule has 1 amide bonds. The standard InChI is InChI=1S/C19H37NO5S/c1-9-26(10-2,11-3)14-23-16(12-21)15-13-24-19(7,8)20(15)17(22)25-18(4,5)6/h12,15-16H,9-11,13-14H2,1-8H3. The maximum absolute atomic E-state index is 12.7. The largest absolute Gasteiger partial charge is 0.444 e. The summed E-state index contributed by atoms with van der Waals surface area (Å²) in [5.41, 5.74) is -1.47. The average Bonchev–Trinajstić information content (AvgIpc) is 2.86. The van der Waals surface area contributed by atoms with E-state index >= 15 is 0 Å². The predicted octanol–water partition coefficient (Wildman–Crippen LogP) is 3.76. The number of carbonyl (C=O) groups excluding carboxylic acids is 2. The number of carbonyl (C=O) groups is 2. The van der Waals surface area contributed by atoms with Crippen molar-refractivity contribution < 1.29 is 23.8 Å². The molecular weight excluding hydrogens is 354 g/mol. The fraction of sp³-hybridized carbons (Fsp3) is 0.895. The first-order chi connectivity index (χ1) is 11.9. The zero-order chi connectivity index (χ0) is 20.2. The van der Waals surface area contributed by atoms with Crippen molar-refractivity contribution in [2.45, 2.75) is 78.9 Å². The molecule has 2 unspecified atom stereocenters. The van der Waals surface area contributed by atoms with Crippen molar-refractivity contribution in [1.82, 2.24) is 4.90 Å². The molecule has 0 aromatic heterocycles. The van der Waals surface area contributed by atoms with Gasteiger partial charge in [-0.1, -0.05) is 20.8 Å². The summed E-state index contributed by atoms with van der Waals surface area (Å²) in [7, 11) is -0.897. The zero-order valence-corrected chi connectivity index (χ0v) is 18.5. The summed E-state index contributed by atoms with van der Waals surface area (Å²) in [6, 6.07) is -0.486. The quantitative estimate of drug-likeness (QED) is 0.589. The molecule has 1 aliphatic heterocycles. The third-order valence-electron chi connectivity index (χ3n) is 4.97. The van der Waals surface area contributed by atoms with Crippen LogP contribution in [0.15, 0.2) is 0 Å². The van der Waals surface area contributed by atoms with Crippen molar-refractivity contribution in [3.63, 3.8) is 0 Å². The molecule has 1 fully saturated rings. The molecular formula is C19H37NO5S. The van der Waals surface area contributed by atoms with Crippen LogP contribution in [0.5, 0.6) is 0 Å². The van der Waals surface area contributed by atoms with Crippen LogP contribution < -0.4 is 0 Å². The molecule has 1 aliphatic rings. The van der Waals surface area contributed by atoms with Crippen molar-refractivity contribution in [2.24, 2.45) is 0 Å². The predicted molar refractivity (Wildman–Crippen MR) is 107 cm³/mol. The highest BCUT2D eigenvalue weighted by atomic mass is 32.3. The number of hydrogen-bond donors (Lipinski definition) is 0. The summed E-state index contributed by atoms with van der Waals surface area (Å²) >= 11 is 0. The number of hydrogen-bond acceptors (Lipinski definition) is 5. The molecule has 154 valence electrons. The minimum absolute atomic E-state index is 0.252. The first-order valence-corrected chi connectivity index (χ1v) is 11.7. The highest BCUT2D eigenvalue weighted by Crippen LogP contribution is 2.47. The maximum Gasteiger partial charge on any atom is 0.413 e. The Labute approximate surface area is 160 Å². The fourth-order valence-corrected chi connectivity index (χ4v) is 5.24. The van der Waals surface area contributed by atoms with E-state index in [2.05, 4.69) is 20.8 Å². The van der Waals surface area contributed by atoms with Gasteiger partial charge in [0.25, 0.3) is 0 Å². The van der Waals surface area contributed by atoms with E-state index in [-0.39, 0.29) is 6.61 Å². The first-order valence-electron chi connectivity index (χ1n) is 9.42. The number of amides is 1. The van der Waals surface area contributed by atoms with Gasteiger partial charge in [0.2, 0.25) is 0 Å². The number of aldehydes is 1. The van der Waals surface area contributed by atoms with Crippen LogP contribution in [0.2, 0.25) is 0 Å². The highest BCUT2D eigenvalue weighted by Gasteiger charge is 2.49. The summed E-state index contributed by atoms with van der Waals surface area (Å²) in [5.74, 6) is 3.76. The Balaban J connectivity index is 2.97. The van der Waals surface area contributed by atoms with Gasteiger partial charge in [-0.2, -0.15) is 0 Å². The summed E-state index contributed by atoms with van der Waals surface area (Å²) in [5, 5.41) is 0. The zero-order valence-electron chi connectivity index (χ0n) is 17.7. The van der Waals surface area contributed by atoms with Gasteiger partial charge in [-0.15, -0.1) is 0 Å². The Bertz CT molecular complexity index is 477. The van der Waals surface area contributed by atoms with Gasteiger partial charge in [0.1, 0.15) is 17.4 Å². The smallest absolute Gasteiger partial charge is 0.413 e. The van der Waals surface area contributed by atoms with Crippen LogP contribution in [0, 0.1) is 0 Å². The van der Waals surface area contributed by atoms with Crippen LogP contribution in [-0.2, 0) is 19.0 Å². The number of ether oxygens (including phenoxy) is 3. The van der Waals surface area contributed by atoms with Crippen LogP contribution in [0.1, 0.15) is 55.4 Å². The molecule has 0 spiro atoms. The lowest BCUT2D eigenvalue weighted by Crippen LogP contribution is -2.54. The van der Waals surface area contributed by atoms with Crippen LogP contribution in [0.3, 0.4) is 0 Å². The summed E-state index contributed by atoms with van der Waals surface area (Å²) in [6.07, 6.45) is -0.417. The second-order valence-corrected chi connectivity index (χ2v) is 12.6. The van der Waals surface area contributed by atoms with E-state index in [9.17, 15) is 9.59 Å². The molecule has 1 saturated heterocycles. The Morgan fingerprint density at radius 1 is 1.27 bits per heavy atom.